The molecular weight excluding hydrogens is 254 g/mol. The largest absolute Gasteiger partial charge is 0.271 e. The van der Waals surface area contributed by atoms with Gasteiger partial charge in [0, 0.05) is 6.20 Å². The third-order valence-electron chi connectivity index (χ3n) is 3.23. The topological polar surface area (TPSA) is 50.9 Å². The van der Waals surface area contributed by atoms with Crippen LogP contribution in [0.3, 0.4) is 0 Å². The number of nitrogens with one attached hydrogen (secondary N) is 1. The van der Waals surface area contributed by atoms with Crippen LogP contribution >= 0.6 is 11.3 Å². The summed E-state index contributed by atoms with van der Waals surface area (Å²) in [6.45, 7) is 2.08. The molecule has 2 heterocycles. The number of hydrogen-bond acceptors (Lipinski definition) is 4. The van der Waals surface area contributed by atoms with Crippen molar-refractivity contribution in [1.29, 1.82) is 0 Å². The Morgan fingerprint density at radius 1 is 1.16 bits per heavy atom. The molecule has 0 spiro atoms. The van der Waals surface area contributed by atoms with E-state index in [4.69, 9.17) is 5.84 Å². The molecular formula is C15H15N3S. The van der Waals surface area contributed by atoms with Gasteiger partial charge in [0.1, 0.15) is 0 Å². The quantitative estimate of drug-likeness (QED) is 0.567. The lowest BCUT2D eigenvalue weighted by Crippen LogP contribution is -2.28. The number of hydrazine groups is 1. The van der Waals surface area contributed by atoms with Crippen LogP contribution in [0.25, 0.3) is 10.2 Å². The normalized spacial score (nSPS) is 12.7. The van der Waals surface area contributed by atoms with Crippen molar-refractivity contribution in [2.24, 2.45) is 5.84 Å². The molecule has 1 atom stereocenters. The second-order valence-electron chi connectivity index (χ2n) is 4.58. The van der Waals surface area contributed by atoms with E-state index in [9.17, 15) is 0 Å². The number of nitrogens with zero attached hydrogens (tertiary/aromatic N) is 1. The number of aryl methyl sites for hydroxylation is 1. The Bertz CT molecular complexity index is 688. The van der Waals surface area contributed by atoms with Crippen LogP contribution in [0.2, 0.25) is 0 Å². The summed E-state index contributed by atoms with van der Waals surface area (Å²) in [4.78, 5) is 4.47. The van der Waals surface area contributed by atoms with Crippen LogP contribution < -0.4 is 11.3 Å². The Morgan fingerprint density at radius 2 is 1.95 bits per heavy atom. The number of pyridine rings is 1. The van der Waals surface area contributed by atoms with Crippen LogP contribution in [-0.4, -0.2) is 4.98 Å². The van der Waals surface area contributed by atoms with Crippen LogP contribution in [0.1, 0.15) is 22.7 Å². The van der Waals surface area contributed by atoms with Crippen molar-refractivity contribution in [2.75, 3.05) is 0 Å². The number of nitrogens with two attached hydrogens (primary N) is 1. The number of hydrogen-bond donors (Lipinski definition) is 2. The van der Waals surface area contributed by atoms with E-state index in [2.05, 4.69) is 53.0 Å². The van der Waals surface area contributed by atoms with Crippen LogP contribution in [0.5, 0.6) is 0 Å². The highest BCUT2D eigenvalue weighted by Crippen LogP contribution is 2.26. The van der Waals surface area contributed by atoms with Crippen molar-refractivity contribution >= 4 is 21.6 Å². The van der Waals surface area contributed by atoms with Gasteiger partial charge in [-0.1, -0.05) is 29.8 Å². The van der Waals surface area contributed by atoms with Gasteiger partial charge in [0.15, 0.2) is 0 Å². The van der Waals surface area contributed by atoms with Crippen molar-refractivity contribution in [3.63, 3.8) is 0 Å². The van der Waals surface area contributed by atoms with Gasteiger partial charge in [0.2, 0.25) is 0 Å². The average molecular weight is 269 g/mol. The van der Waals surface area contributed by atoms with Crippen molar-refractivity contribution in [3.05, 3.63) is 64.7 Å². The summed E-state index contributed by atoms with van der Waals surface area (Å²) in [5.41, 5.74) is 7.38. The van der Waals surface area contributed by atoms with Crippen molar-refractivity contribution in [3.8, 4) is 0 Å². The lowest BCUT2D eigenvalue weighted by atomic mass is 10.00. The average Bonchev–Trinajstić information content (AvgIpc) is 2.89. The summed E-state index contributed by atoms with van der Waals surface area (Å²) in [5, 5.41) is 2.05. The molecule has 0 aliphatic carbocycles. The molecule has 3 aromatic rings. The molecule has 3 nitrogen and oxygen atoms in total. The van der Waals surface area contributed by atoms with Gasteiger partial charge in [0.05, 0.1) is 16.3 Å². The maximum atomic E-state index is 5.72. The molecule has 2 aromatic heterocycles. The number of thiophene rings is 1. The second kappa shape index (κ2) is 5.09. The maximum absolute atomic E-state index is 5.72. The number of benzene rings is 1. The predicted octanol–water partition coefficient (Wildman–Crippen LogP) is 3.16. The van der Waals surface area contributed by atoms with E-state index >= 15 is 0 Å². The standard InChI is InChI=1S/C15H15N3S/c1-10-2-4-11(5-3-10)15(18-16)12-8-14-13(17-9-12)6-7-19-14/h2-9,15,18H,16H2,1H3. The van der Waals surface area contributed by atoms with Gasteiger partial charge in [-0.15, -0.1) is 11.3 Å². The SMILES string of the molecule is Cc1ccc(C(NN)c2cnc3ccsc3c2)cc1. The van der Waals surface area contributed by atoms with E-state index in [0.717, 1.165) is 16.6 Å². The van der Waals surface area contributed by atoms with Gasteiger partial charge in [0.25, 0.3) is 0 Å². The summed E-state index contributed by atoms with van der Waals surface area (Å²) in [7, 11) is 0. The van der Waals surface area contributed by atoms with Crippen LogP contribution in [-0.2, 0) is 0 Å². The molecule has 0 saturated carbocycles. The highest BCUT2D eigenvalue weighted by molar-refractivity contribution is 7.17. The molecule has 0 fully saturated rings. The minimum atomic E-state index is -0.0281. The molecule has 0 aliphatic rings. The van der Waals surface area contributed by atoms with Gasteiger partial charge in [-0.25, -0.2) is 5.43 Å². The molecule has 19 heavy (non-hydrogen) atoms. The highest BCUT2D eigenvalue weighted by Gasteiger charge is 2.13. The Kier molecular flexibility index (Phi) is 3.29. The second-order valence-corrected chi connectivity index (χ2v) is 5.53. The zero-order chi connectivity index (χ0) is 13.2. The van der Waals surface area contributed by atoms with E-state index < -0.39 is 0 Å². The first-order chi connectivity index (χ1) is 9.28. The zero-order valence-corrected chi connectivity index (χ0v) is 11.4. The fourth-order valence-electron chi connectivity index (χ4n) is 2.16. The molecule has 0 bridgehead atoms. The first-order valence-electron chi connectivity index (χ1n) is 6.14. The first kappa shape index (κ1) is 12.3. The Labute approximate surface area is 116 Å². The lowest BCUT2D eigenvalue weighted by Gasteiger charge is -2.16. The van der Waals surface area contributed by atoms with Crippen LogP contribution in [0, 0.1) is 6.92 Å². The smallest absolute Gasteiger partial charge is 0.0809 e. The van der Waals surface area contributed by atoms with Crippen molar-refractivity contribution in [2.45, 2.75) is 13.0 Å². The summed E-state index contributed by atoms with van der Waals surface area (Å²) < 4.78 is 1.19. The summed E-state index contributed by atoms with van der Waals surface area (Å²) in [6.07, 6.45) is 1.89. The number of rotatable bonds is 3. The fraction of sp³-hybridized carbons (Fsp3) is 0.133. The molecule has 0 saturated heterocycles. The molecule has 0 aliphatic heterocycles. The highest BCUT2D eigenvalue weighted by atomic mass is 32.1. The third kappa shape index (κ3) is 2.38. The molecule has 4 heteroatoms. The third-order valence-corrected chi connectivity index (χ3v) is 4.09. The Balaban J connectivity index is 2.03. The lowest BCUT2D eigenvalue weighted by molar-refractivity contribution is 0.635. The minimum Gasteiger partial charge on any atom is -0.271 e. The van der Waals surface area contributed by atoms with E-state index in [1.807, 2.05) is 12.3 Å². The van der Waals surface area contributed by atoms with Crippen LogP contribution in [0.4, 0.5) is 0 Å². The monoisotopic (exact) mass is 269 g/mol. The maximum Gasteiger partial charge on any atom is 0.0809 e. The summed E-state index contributed by atoms with van der Waals surface area (Å²) in [5.74, 6) is 5.72. The molecule has 3 N–H and O–H groups in total. The first-order valence-corrected chi connectivity index (χ1v) is 7.02. The van der Waals surface area contributed by atoms with Gasteiger partial charge in [-0.2, -0.15) is 0 Å². The Morgan fingerprint density at radius 3 is 2.68 bits per heavy atom. The molecule has 1 unspecified atom stereocenters. The number of fused-ring (bicyclic) bond motifs is 1. The predicted molar refractivity (Wildman–Crippen MR) is 80.0 cm³/mol. The van der Waals surface area contributed by atoms with Gasteiger partial charge >= 0.3 is 0 Å². The minimum absolute atomic E-state index is 0.0281. The van der Waals surface area contributed by atoms with E-state index in [-0.39, 0.29) is 6.04 Å². The summed E-state index contributed by atoms with van der Waals surface area (Å²) in [6, 6.07) is 12.5. The van der Waals surface area contributed by atoms with E-state index in [0.29, 0.717) is 0 Å². The van der Waals surface area contributed by atoms with Gasteiger partial charge < -0.3 is 0 Å². The number of aromatic nitrogens is 1. The molecule has 96 valence electrons. The fourth-order valence-corrected chi connectivity index (χ4v) is 2.95. The van der Waals surface area contributed by atoms with Crippen LogP contribution in [0.15, 0.2) is 48.0 Å². The van der Waals surface area contributed by atoms with Gasteiger partial charge in [-0.3, -0.25) is 10.8 Å². The van der Waals surface area contributed by atoms with Crippen molar-refractivity contribution < 1.29 is 0 Å². The molecule has 0 amide bonds. The Hall–Kier alpha value is -1.75. The molecule has 0 radical (unpaired) electrons. The van der Waals surface area contributed by atoms with E-state index in [1.54, 1.807) is 11.3 Å². The molecule has 1 aromatic carbocycles. The summed E-state index contributed by atoms with van der Waals surface area (Å²) >= 11 is 1.70. The van der Waals surface area contributed by atoms with Crippen molar-refractivity contribution in [1.82, 2.24) is 10.4 Å². The van der Waals surface area contributed by atoms with Gasteiger partial charge in [-0.05, 0) is 35.6 Å². The molecule has 3 rings (SSSR count). The zero-order valence-electron chi connectivity index (χ0n) is 10.6. The van der Waals surface area contributed by atoms with E-state index in [1.165, 1.54) is 10.3 Å².